The number of nitro groups is 1. The van der Waals surface area contributed by atoms with Crippen LogP contribution in [-0.2, 0) is 10.2 Å². The highest BCUT2D eigenvalue weighted by Crippen LogP contribution is 2.34. The first-order valence-electron chi connectivity index (χ1n) is 11.3. The molecule has 0 bridgehead atoms. The van der Waals surface area contributed by atoms with E-state index in [1.807, 2.05) is 18.2 Å². The fourth-order valence-corrected chi connectivity index (χ4v) is 3.43. The lowest BCUT2D eigenvalue weighted by molar-refractivity contribution is -0.385. The van der Waals surface area contributed by atoms with Gasteiger partial charge in [0.1, 0.15) is 17.4 Å². The Kier molecular flexibility index (Phi) is 8.15. The van der Waals surface area contributed by atoms with Gasteiger partial charge < -0.3 is 19.5 Å². The van der Waals surface area contributed by atoms with Crippen LogP contribution in [0.25, 0.3) is 6.08 Å². The molecule has 0 aliphatic heterocycles. The summed E-state index contributed by atoms with van der Waals surface area (Å²) in [5.41, 5.74) is 1.20. The zero-order chi connectivity index (χ0) is 27.2. The summed E-state index contributed by atoms with van der Waals surface area (Å²) >= 11 is 0. The molecule has 9 heteroatoms. The maximum absolute atomic E-state index is 12.7. The van der Waals surface area contributed by atoms with Crippen molar-refractivity contribution in [1.82, 2.24) is 0 Å². The average Bonchev–Trinajstić information content (AvgIpc) is 2.87. The molecule has 0 heterocycles. The third-order valence-electron chi connectivity index (χ3n) is 5.45. The highest BCUT2D eigenvalue weighted by molar-refractivity contribution is 6.09. The molecule has 1 N–H and O–H groups in total. The number of methoxy groups -OCH3 is 2. The molecule has 0 saturated heterocycles. The molecule has 3 aromatic carbocycles. The van der Waals surface area contributed by atoms with E-state index in [1.54, 1.807) is 30.3 Å². The first kappa shape index (κ1) is 26.8. The van der Waals surface area contributed by atoms with Crippen molar-refractivity contribution < 1.29 is 23.9 Å². The molecule has 3 rings (SSSR count). The number of nitriles is 1. The van der Waals surface area contributed by atoms with E-state index in [1.165, 1.54) is 38.5 Å². The Morgan fingerprint density at radius 3 is 2.19 bits per heavy atom. The van der Waals surface area contributed by atoms with Gasteiger partial charge in [0, 0.05) is 17.8 Å². The number of hydrogen-bond acceptors (Lipinski definition) is 7. The van der Waals surface area contributed by atoms with Gasteiger partial charge in [0.2, 0.25) is 5.75 Å². The number of carbonyl (C=O) groups excluding carboxylic acids is 1. The fourth-order valence-electron chi connectivity index (χ4n) is 3.43. The van der Waals surface area contributed by atoms with E-state index in [9.17, 15) is 20.2 Å². The normalized spacial score (nSPS) is 11.3. The zero-order valence-electron chi connectivity index (χ0n) is 21.2. The van der Waals surface area contributed by atoms with Gasteiger partial charge in [-0.3, -0.25) is 14.9 Å². The Balaban J connectivity index is 1.84. The molecule has 0 fully saturated rings. The SMILES string of the molecule is COc1ccc(NC(=O)/C(C#N)=C/c2ccc(Oc3ccc(C(C)(C)C)cc3)c([N+](=O)[O-])c2)cc1OC. The van der Waals surface area contributed by atoms with E-state index in [2.05, 4.69) is 26.1 Å². The lowest BCUT2D eigenvalue weighted by atomic mass is 9.87. The van der Waals surface area contributed by atoms with Crippen molar-refractivity contribution in [2.75, 3.05) is 19.5 Å². The molecule has 0 unspecified atom stereocenters. The van der Waals surface area contributed by atoms with E-state index < -0.39 is 10.8 Å². The monoisotopic (exact) mass is 501 g/mol. The van der Waals surface area contributed by atoms with E-state index in [-0.39, 0.29) is 22.4 Å². The van der Waals surface area contributed by atoms with Crippen molar-refractivity contribution in [1.29, 1.82) is 5.26 Å². The van der Waals surface area contributed by atoms with E-state index >= 15 is 0 Å². The summed E-state index contributed by atoms with van der Waals surface area (Å²) in [7, 11) is 2.95. The largest absolute Gasteiger partial charge is 0.493 e. The molecule has 0 saturated carbocycles. The zero-order valence-corrected chi connectivity index (χ0v) is 21.2. The number of amides is 1. The standard InChI is InChI=1S/C28H27N3O6/c1-28(2,3)20-7-10-22(11-8-20)37-24-12-6-18(15-23(24)31(33)34)14-19(17-29)27(32)30-21-9-13-25(35-4)26(16-21)36-5/h6-16H,1-5H3,(H,30,32)/b19-14+. The third kappa shape index (κ3) is 6.64. The molecule has 0 aliphatic rings. The fraction of sp³-hybridized carbons (Fsp3) is 0.214. The predicted octanol–water partition coefficient (Wildman–Crippen LogP) is 6.25. The highest BCUT2D eigenvalue weighted by Gasteiger charge is 2.19. The number of nitro benzene ring substituents is 1. The third-order valence-corrected chi connectivity index (χ3v) is 5.45. The van der Waals surface area contributed by atoms with Gasteiger partial charge in [-0.2, -0.15) is 5.26 Å². The molecule has 9 nitrogen and oxygen atoms in total. The molecule has 3 aromatic rings. The van der Waals surface area contributed by atoms with E-state index in [4.69, 9.17) is 14.2 Å². The molecule has 0 aliphatic carbocycles. The number of rotatable bonds is 8. The summed E-state index contributed by atoms with van der Waals surface area (Å²) < 4.78 is 16.2. The smallest absolute Gasteiger partial charge is 0.312 e. The van der Waals surface area contributed by atoms with Gasteiger partial charge >= 0.3 is 5.69 Å². The van der Waals surface area contributed by atoms with Crippen LogP contribution in [0.1, 0.15) is 31.9 Å². The van der Waals surface area contributed by atoms with Gasteiger partial charge in [-0.1, -0.05) is 39.0 Å². The van der Waals surface area contributed by atoms with Crippen molar-refractivity contribution in [2.24, 2.45) is 0 Å². The van der Waals surface area contributed by atoms with Crippen LogP contribution in [0.5, 0.6) is 23.0 Å². The van der Waals surface area contributed by atoms with Crippen LogP contribution in [0.2, 0.25) is 0 Å². The second-order valence-electron chi connectivity index (χ2n) is 9.05. The molecule has 0 atom stereocenters. The number of ether oxygens (including phenoxy) is 3. The molecule has 0 spiro atoms. The van der Waals surface area contributed by atoms with Crippen LogP contribution in [0.4, 0.5) is 11.4 Å². The molecular formula is C28H27N3O6. The maximum Gasteiger partial charge on any atom is 0.312 e. The summed E-state index contributed by atoms with van der Waals surface area (Å²) in [5.74, 6) is 0.695. The highest BCUT2D eigenvalue weighted by atomic mass is 16.6. The van der Waals surface area contributed by atoms with Crippen molar-refractivity contribution in [2.45, 2.75) is 26.2 Å². The van der Waals surface area contributed by atoms with Crippen molar-refractivity contribution >= 4 is 23.4 Å². The Morgan fingerprint density at radius 1 is 0.973 bits per heavy atom. The van der Waals surface area contributed by atoms with Crippen molar-refractivity contribution in [3.8, 4) is 29.1 Å². The van der Waals surface area contributed by atoms with Crippen molar-refractivity contribution in [3.05, 3.63) is 87.5 Å². The molecule has 1 amide bonds. The first-order chi connectivity index (χ1) is 17.5. The number of carbonyl (C=O) groups is 1. The van der Waals surface area contributed by atoms with E-state index in [0.717, 1.165) is 5.56 Å². The van der Waals surface area contributed by atoms with Crippen LogP contribution < -0.4 is 19.5 Å². The van der Waals surface area contributed by atoms with Crippen LogP contribution in [0.15, 0.2) is 66.2 Å². The minimum Gasteiger partial charge on any atom is -0.493 e. The van der Waals surface area contributed by atoms with Crippen LogP contribution in [-0.4, -0.2) is 25.1 Å². The molecular weight excluding hydrogens is 474 g/mol. The van der Waals surface area contributed by atoms with Crippen LogP contribution in [0.3, 0.4) is 0 Å². The summed E-state index contributed by atoms with van der Waals surface area (Å²) in [4.78, 5) is 23.8. The van der Waals surface area contributed by atoms with Gasteiger partial charge in [0.15, 0.2) is 11.5 Å². The second kappa shape index (κ2) is 11.3. The van der Waals surface area contributed by atoms with E-state index in [0.29, 0.717) is 28.5 Å². The maximum atomic E-state index is 12.7. The van der Waals surface area contributed by atoms with Gasteiger partial charge in [0.05, 0.1) is 19.1 Å². The Morgan fingerprint density at radius 2 is 1.62 bits per heavy atom. The summed E-state index contributed by atoms with van der Waals surface area (Å²) in [5, 5.41) is 23.9. The first-order valence-corrected chi connectivity index (χ1v) is 11.3. The lowest BCUT2D eigenvalue weighted by Crippen LogP contribution is -2.13. The number of benzene rings is 3. The molecule has 37 heavy (non-hydrogen) atoms. The summed E-state index contributed by atoms with van der Waals surface area (Å²) in [6, 6.07) is 18.1. The van der Waals surface area contributed by atoms with Crippen LogP contribution in [0, 0.1) is 21.4 Å². The minimum absolute atomic E-state index is 0.0390. The summed E-state index contributed by atoms with van der Waals surface area (Å²) in [6.07, 6.45) is 1.27. The Hall–Kier alpha value is -4.84. The molecule has 0 aromatic heterocycles. The van der Waals surface area contributed by atoms with Gasteiger partial charge in [-0.15, -0.1) is 0 Å². The topological polar surface area (TPSA) is 124 Å². The van der Waals surface area contributed by atoms with Crippen LogP contribution >= 0.6 is 0 Å². The van der Waals surface area contributed by atoms with Gasteiger partial charge in [0.25, 0.3) is 5.91 Å². The Bertz CT molecular complexity index is 1380. The average molecular weight is 502 g/mol. The number of anilines is 1. The van der Waals surface area contributed by atoms with Gasteiger partial charge in [-0.05, 0) is 52.9 Å². The predicted molar refractivity (Wildman–Crippen MR) is 140 cm³/mol. The van der Waals surface area contributed by atoms with Gasteiger partial charge in [-0.25, -0.2) is 0 Å². The number of hydrogen-bond donors (Lipinski definition) is 1. The minimum atomic E-state index is -0.684. The Labute approximate surface area is 215 Å². The lowest BCUT2D eigenvalue weighted by Gasteiger charge is -2.19. The number of nitrogens with zero attached hydrogens (tertiary/aromatic N) is 2. The molecule has 0 radical (unpaired) electrons. The second-order valence-corrected chi connectivity index (χ2v) is 9.05. The number of nitrogens with one attached hydrogen (secondary N) is 1. The molecule has 190 valence electrons. The summed E-state index contributed by atoms with van der Waals surface area (Å²) in [6.45, 7) is 6.26. The van der Waals surface area contributed by atoms with Crippen molar-refractivity contribution in [3.63, 3.8) is 0 Å². The quantitative estimate of drug-likeness (QED) is 0.167.